The third-order valence-corrected chi connectivity index (χ3v) is 4.78. The highest BCUT2D eigenvalue weighted by Crippen LogP contribution is 2.29. The van der Waals surface area contributed by atoms with Crippen LogP contribution in [0.2, 0.25) is 0 Å². The monoisotopic (exact) mass is 428 g/mol. The van der Waals surface area contributed by atoms with Crippen LogP contribution in [-0.4, -0.2) is 128 Å². The van der Waals surface area contributed by atoms with Gasteiger partial charge in [-0.05, 0) is 6.42 Å². The fourth-order valence-corrected chi connectivity index (χ4v) is 3.12. The van der Waals surface area contributed by atoms with Gasteiger partial charge >= 0.3 is 5.97 Å². The first-order valence-corrected chi connectivity index (χ1v) is 9.13. The standard InChI is InChI=1S/C16H28O13/c17-4-6-9(21)10(22)12(24)16(27-6)29-14-7(5-18)28-15(13(25)11(14)23)26-3-1-2-8(19)20/h6-7,9-18,21-25H,1-5H2,(H,19,20)/t6?,7?,9-,10-,11+,12?,13?,14+,15+,16-/m0/s1. The molecule has 2 fully saturated rings. The Labute approximate surface area is 165 Å². The normalized spacial score (nSPS) is 43.3. The van der Waals surface area contributed by atoms with Crippen LogP contribution in [0.15, 0.2) is 0 Å². The summed E-state index contributed by atoms with van der Waals surface area (Å²) in [6.07, 6.45) is -15.3. The van der Waals surface area contributed by atoms with E-state index in [4.69, 9.17) is 24.1 Å². The van der Waals surface area contributed by atoms with Crippen molar-refractivity contribution in [1.29, 1.82) is 0 Å². The lowest BCUT2D eigenvalue weighted by Crippen LogP contribution is -2.64. The summed E-state index contributed by atoms with van der Waals surface area (Å²) in [6.45, 7) is -1.45. The second-order valence-corrected chi connectivity index (χ2v) is 6.87. The molecular weight excluding hydrogens is 400 g/mol. The molecular formula is C16H28O13. The molecule has 2 saturated heterocycles. The van der Waals surface area contributed by atoms with Crippen LogP contribution < -0.4 is 0 Å². The van der Waals surface area contributed by atoms with Crippen LogP contribution in [0.1, 0.15) is 12.8 Å². The predicted molar refractivity (Wildman–Crippen MR) is 89.2 cm³/mol. The first-order valence-electron chi connectivity index (χ1n) is 9.13. The summed E-state index contributed by atoms with van der Waals surface area (Å²) >= 11 is 0. The summed E-state index contributed by atoms with van der Waals surface area (Å²) in [7, 11) is 0. The van der Waals surface area contributed by atoms with E-state index < -0.39 is 80.6 Å². The van der Waals surface area contributed by atoms with Crippen molar-refractivity contribution in [2.45, 2.75) is 74.3 Å². The minimum atomic E-state index is -1.75. The van der Waals surface area contributed by atoms with E-state index in [0.29, 0.717) is 0 Å². The van der Waals surface area contributed by atoms with Crippen LogP contribution in [0.5, 0.6) is 0 Å². The Bertz CT molecular complexity index is 515. The molecule has 13 heteroatoms. The molecule has 0 aliphatic carbocycles. The van der Waals surface area contributed by atoms with Crippen LogP contribution >= 0.6 is 0 Å². The summed E-state index contributed by atoms with van der Waals surface area (Å²) < 4.78 is 21.2. The van der Waals surface area contributed by atoms with Gasteiger partial charge in [-0.1, -0.05) is 0 Å². The smallest absolute Gasteiger partial charge is 0.303 e. The highest BCUT2D eigenvalue weighted by molar-refractivity contribution is 5.66. The van der Waals surface area contributed by atoms with Crippen molar-refractivity contribution >= 4 is 5.97 Å². The van der Waals surface area contributed by atoms with Gasteiger partial charge in [-0.3, -0.25) is 4.79 Å². The minimum absolute atomic E-state index is 0.0862. The zero-order valence-corrected chi connectivity index (χ0v) is 15.4. The SMILES string of the molecule is O=C(O)CCCO[C@@H]1OC(CO)[C@@H](O[C@@H]2OC(CO)[C@H](O)[C@H](O)C2O)[C@H](O)C1O. The maximum atomic E-state index is 10.5. The van der Waals surface area contributed by atoms with E-state index in [1.54, 1.807) is 0 Å². The van der Waals surface area contributed by atoms with Crippen LogP contribution in [0.25, 0.3) is 0 Å². The van der Waals surface area contributed by atoms with Crippen LogP contribution in [-0.2, 0) is 23.7 Å². The number of rotatable bonds is 9. The molecule has 0 saturated carbocycles. The molecule has 2 aliphatic heterocycles. The van der Waals surface area contributed by atoms with Gasteiger partial charge < -0.3 is 59.8 Å². The van der Waals surface area contributed by atoms with Gasteiger partial charge in [-0.2, -0.15) is 0 Å². The Morgan fingerprint density at radius 3 is 1.97 bits per heavy atom. The molecule has 13 nitrogen and oxygen atoms in total. The second kappa shape index (κ2) is 10.9. The third kappa shape index (κ3) is 5.80. The first kappa shape index (κ1) is 24.3. The van der Waals surface area contributed by atoms with E-state index in [-0.39, 0.29) is 19.4 Å². The van der Waals surface area contributed by atoms with Crippen LogP contribution in [0.3, 0.4) is 0 Å². The summed E-state index contributed by atoms with van der Waals surface area (Å²) in [6, 6.07) is 0. The topological polar surface area (TPSA) is 216 Å². The molecule has 2 aliphatic rings. The molecule has 0 amide bonds. The lowest BCUT2D eigenvalue weighted by molar-refractivity contribution is -0.359. The van der Waals surface area contributed by atoms with Gasteiger partial charge in [0.05, 0.1) is 19.8 Å². The van der Waals surface area contributed by atoms with Gasteiger partial charge in [0.1, 0.15) is 48.8 Å². The lowest BCUT2D eigenvalue weighted by atomic mass is 9.97. The molecule has 0 bridgehead atoms. The van der Waals surface area contributed by atoms with Crippen LogP contribution in [0.4, 0.5) is 0 Å². The Hall–Kier alpha value is -0.970. The summed E-state index contributed by atoms with van der Waals surface area (Å²) in [5.74, 6) is -1.03. The van der Waals surface area contributed by atoms with Crippen molar-refractivity contribution < 1.29 is 64.6 Å². The zero-order valence-electron chi connectivity index (χ0n) is 15.4. The highest BCUT2D eigenvalue weighted by Gasteiger charge is 2.50. The highest BCUT2D eigenvalue weighted by atomic mass is 16.7. The molecule has 0 spiro atoms. The zero-order chi connectivity index (χ0) is 21.7. The maximum absolute atomic E-state index is 10.5. The van der Waals surface area contributed by atoms with Gasteiger partial charge in [0.2, 0.25) is 0 Å². The average molecular weight is 428 g/mol. The van der Waals surface area contributed by atoms with E-state index in [1.807, 2.05) is 0 Å². The number of carboxylic acids is 1. The fourth-order valence-electron chi connectivity index (χ4n) is 3.12. The van der Waals surface area contributed by atoms with Gasteiger partial charge in [0, 0.05) is 6.42 Å². The van der Waals surface area contributed by atoms with E-state index in [1.165, 1.54) is 0 Å². The van der Waals surface area contributed by atoms with Gasteiger partial charge in [0.25, 0.3) is 0 Å². The first-order chi connectivity index (χ1) is 13.7. The number of hydrogen-bond acceptors (Lipinski definition) is 12. The summed E-state index contributed by atoms with van der Waals surface area (Å²) in [5.41, 5.74) is 0. The maximum Gasteiger partial charge on any atom is 0.303 e. The molecule has 0 radical (unpaired) electrons. The number of aliphatic hydroxyl groups is 7. The van der Waals surface area contributed by atoms with Gasteiger partial charge in [-0.25, -0.2) is 0 Å². The Balaban J connectivity index is 2.01. The number of hydrogen-bond donors (Lipinski definition) is 8. The Morgan fingerprint density at radius 2 is 1.38 bits per heavy atom. The molecule has 170 valence electrons. The van der Waals surface area contributed by atoms with Crippen molar-refractivity contribution in [3.63, 3.8) is 0 Å². The molecule has 0 aromatic carbocycles. The number of aliphatic hydroxyl groups excluding tert-OH is 7. The van der Waals surface area contributed by atoms with E-state index in [9.17, 15) is 40.5 Å². The summed E-state index contributed by atoms with van der Waals surface area (Å²) in [4.78, 5) is 10.5. The van der Waals surface area contributed by atoms with Crippen molar-refractivity contribution in [1.82, 2.24) is 0 Å². The minimum Gasteiger partial charge on any atom is -0.481 e. The third-order valence-electron chi connectivity index (χ3n) is 4.78. The molecule has 4 unspecified atom stereocenters. The number of ether oxygens (including phenoxy) is 4. The molecule has 29 heavy (non-hydrogen) atoms. The second-order valence-electron chi connectivity index (χ2n) is 6.87. The van der Waals surface area contributed by atoms with E-state index >= 15 is 0 Å². The molecule has 8 N–H and O–H groups in total. The molecule has 2 heterocycles. The largest absolute Gasteiger partial charge is 0.481 e. The average Bonchev–Trinajstić information content (AvgIpc) is 2.69. The number of aliphatic carboxylic acids is 1. The van der Waals surface area contributed by atoms with Crippen molar-refractivity contribution in [2.75, 3.05) is 19.8 Å². The van der Waals surface area contributed by atoms with Crippen molar-refractivity contribution in [2.24, 2.45) is 0 Å². The van der Waals surface area contributed by atoms with Gasteiger partial charge in [0.15, 0.2) is 12.6 Å². The Kier molecular flexibility index (Phi) is 9.12. The molecule has 0 aromatic heterocycles. The van der Waals surface area contributed by atoms with Gasteiger partial charge in [-0.15, -0.1) is 0 Å². The predicted octanol–water partition coefficient (Wildman–Crippen LogP) is -4.51. The van der Waals surface area contributed by atoms with E-state index in [2.05, 4.69) is 0 Å². The quantitative estimate of drug-likeness (QED) is 0.163. The molecule has 0 aromatic rings. The van der Waals surface area contributed by atoms with Crippen LogP contribution in [0, 0.1) is 0 Å². The summed E-state index contributed by atoms with van der Waals surface area (Å²) in [5, 5.41) is 77.6. The molecule has 2 rings (SSSR count). The lowest BCUT2D eigenvalue weighted by Gasteiger charge is -2.45. The Morgan fingerprint density at radius 1 is 0.793 bits per heavy atom. The fraction of sp³-hybridized carbons (Fsp3) is 0.938. The van der Waals surface area contributed by atoms with Crippen molar-refractivity contribution in [3.8, 4) is 0 Å². The number of carboxylic acid groups (broad SMARTS) is 1. The molecule has 10 atom stereocenters. The van der Waals surface area contributed by atoms with E-state index in [0.717, 1.165) is 0 Å². The van der Waals surface area contributed by atoms with Crippen molar-refractivity contribution in [3.05, 3.63) is 0 Å². The number of carbonyl (C=O) groups is 1.